The Hall–Kier alpha value is -1.00. The molecule has 0 aliphatic carbocycles. The maximum absolute atomic E-state index is 10.3. The second kappa shape index (κ2) is 5.61. The summed E-state index contributed by atoms with van der Waals surface area (Å²) in [4.78, 5) is 10.3. The Morgan fingerprint density at radius 1 is 1.38 bits per heavy atom. The molecular weight excluding hydrogens is 186 g/mol. The van der Waals surface area contributed by atoms with Crippen LogP contribution in [-0.4, -0.2) is 11.7 Å². The first-order chi connectivity index (χ1) is 6.29. The van der Waals surface area contributed by atoms with Crippen molar-refractivity contribution >= 4 is 17.9 Å². The number of nitrogens with two attached hydrogens (primary N) is 1. The van der Waals surface area contributed by atoms with E-state index in [1.165, 1.54) is 0 Å². The Morgan fingerprint density at radius 3 is 2.69 bits per heavy atom. The van der Waals surface area contributed by atoms with Crippen molar-refractivity contribution < 1.29 is 8.98 Å². The van der Waals surface area contributed by atoms with Gasteiger partial charge in [0.1, 0.15) is 0 Å². The summed E-state index contributed by atoms with van der Waals surface area (Å²) in [6.45, 7) is 0.499. The molecule has 1 rings (SSSR count). The highest BCUT2D eigenvalue weighted by molar-refractivity contribution is 7.95. The molecule has 0 unspecified atom stereocenters. The van der Waals surface area contributed by atoms with Gasteiger partial charge in [0.2, 0.25) is 5.91 Å². The number of carbonyl (C=O) groups is 1. The second-order valence-electron chi connectivity index (χ2n) is 2.48. The van der Waals surface area contributed by atoms with Gasteiger partial charge in [-0.1, -0.05) is 30.3 Å². The van der Waals surface area contributed by atoms with Crippen LogP contribution in [0.15, 0.2) is 30.3 Å². The van der Waals surface area contributed by atoms with Crippen LogP contribution in [0.25, 0.3) is 0 Å². The molecule has 13 heavy (non-hydrogen) atoms. The third kappa shape index (κ3) is 4.55. The van der Waals surface area contributed by atoms with Crippen molar-refractivity contribution in [3.63, 3.8) is 0 Å². The summed E-state index contributed by atoms with van der Waals surface area (Å²) in [6.07, 6.45) is 0. The molecule has 0 radical (unpaired) electrons. The topological polar surface area (TPSA) is 52.3 Å². The van der Waals surface area contributed by atoms with Gasteiger partial charge in [0.05, 0.1) is 12.4 Å². The van der Waals surface area contributed by atoms with Gasteiger partial charge in [-0.25, -0.2) is 0 Å². The molecule has 1 amide bonds. The average Bonchev–Trinajstić information content (AvgIpc) is 2.14. The van der Waals surface area contributed by atoms with E-state index in [2.05, 4.69) is 0 Å². The van der Waals surface area contributed by atoms with Crippen molar-refractivity contribution in [1.82, 2.24) is 0 Å². The van der Waals surface area contributed by atoms with Gasteiger partial charge in [0.25, 0.3) is 0 Å². The van der Waals surface area contributed by atoms with E-state index in [0.29, 0.717) is 6.61 Å². The first-order valence-electron chi connectivity index (χ1n) is 3.85. The highest BCUT2D eigenvalue weighted by Crippen LogP contribution is 2.07. The number of carbonyl (C=O) groups excluding carboxylic acids is 1. The minimum absolute atomic E-state index is 0.201. The molecule has 0 atom stereocenters. The summed E-state index contributed by atoms with van der Waals surface area (Å²) in [5, 5.41) is 0. The van der Waals surface area contributed by atoms with Crippen LogP contribution < -0.4 is 5.73 Å². The number of hydrogen-bond donors (Lipinski definition) is 1. The van der Waals surface area contributed by atoms with E-state index >= 15 is 0 Å². The fourth-order valence-electron chi connectivity index (χ4n) is 0.784. The Morgan fingerprint density at radius 2 is 2.08 bits per heavy atom. The second-order valence-corrected chi connectivity index (χ2v) is 3.24. The van der Waals surface area contributed by atoms with Crippen LogP contribution in [0.5, 0.6) is 0 Å². The average molecular weight is 197 g/mol. The number of benzene rings is 1. The molecule has 0 aromatic heterocycles. The molecule has 1 aromatic rings. The first-order valence-corrected chi connectivity index (χ1v) is 4.77. The van der Waals surface area contributed by atoms with Crippen LogP contribution >= 0.6 is 12.0 Å². The molecule has 0 saturated heterocycles. The molecule has 0 aliphatic heterocycles. The Bertz CT molecular complexity index is 264. The summed E-state index contributed by atoms with van der Waals surface area (Å²) < 4.78 is 5.15. The predicted molar refractivity (Wildman–Crippen MR) is 52.9 cm³/mol. The molecule has 0 spiro atoms. The Balaban J connectivity index is 2.17. The van der Waals surface area contributed by atoms with Gasteiger partial charge in [-0.15, -0.1) is 0 Å². The maximum atomic E-state index is 10.3. The molecular formula is C9H11NO2S. The molecule has 70 valence electrons. The van der Waals surface area contributed by atoms with E-state index in [-0.39, 0.29) is 11.7 Å². The summed E-state index contributed by atoms with van der Waals surface area (Å²) in [6, 6.07) is 9.75. The van der Waals surface area contributed by atoms with Crippen LogP contribution in [0.3, 0.4) is 0 Å². The molecule has 0 saturated carbocycles. The van der Waals surface area contributed by atoms with Crippen molar-refractivity contribution in [2.45, 2.75) is 6.61 Å². The lowest BCUT2D eigenvalue weighted by Gasteiger charge is -2.00. The summed E-state index contributed by atoms with van der Waals surface area (Å²) >= 11 is 1.08. The van der Waals surface area contributed by atoms with E-state index in [1.54, 1.807) is 0 Å². The largest absolute Gasteiger partial charge is 0.369 e. The number of hydrogen-bond acceptors (Lipinski definition) is 3. The van der Waals surface area contributed by atoms with Crippen molar-refractivity contribution in [3.8, 4) is 0 Å². The lowest BCUT2D eigenvalue weighted by Crippen LogP contribution is -2.13. The highest BCUT2D eigenvalue weighted by atomic mass is 32.2. The lowest BCUT2D eigenvalue weighted by atomic mass is 10.2. The van der Waals surface area contributed by atoms with Gasteiger partial charge in [-0.2, -0.15) is 0 Å². The lowest BCUT2D eigenvalue weighted by molar-refractivity contribution is -0.115. The van der Waals surface area contributed by atoms with Crippen molar-refractivity contribution in [3.05, 3.63) is 35.9 Å². The number of rotatable bonds is 5. The van der Waals surface area contributed by atoms with Crippen LogP contribution in [-0.2, 0) is 15.6 Å². The Kier molecular flexibility index (Phi) is 4.35. The van der Waals surface area contributed by atoms with Gasteiger partial charge < -0.3 is 9.92 Å². The minimum atomic E-state index is -0.363. The van der Waals surface area contributed by atoms with Gasteiger partial charge in [-0.05, 0) is 5.56 Å². The van der Waals surface area contributed by atoms with E-state index in [9.17, 15) is 4.79 Å². The van der Waals surface area contributed by atoms with Crippen LogP contribution in [0, 0.1) is 0 Å². The van der Waals surface area contributed by atoms with E-state index in [0.717, 1.165) is 17.6 Å². The van der Waals surface area contributed by atoms with Crippen LogP contribution in [0.4, 0.5) is 0 Å². The van der Waals surface area contributed by atoms with Gasteiger partial charge in [0.15, 0.2) is 0 Å². The zero-order chi connectivity index (χ0) is 9.52. The van der Waals surface area contributed by atoms with E-state index in [4.69, 9.17) is 9.92 Å². The molecule has 0 aliphatic rings. The number of amides is 1. The zero-order valence-corrected chi connectivity index (χ0v) is 7.92. The summed E-state index contributed by atoms with van der Waals surface area (Å²) in [5.41, 5.74) is 6.01. The van der Waals surface area contributed by atoms with Crippen molar-refractivity contribution in [1.29, 1.82) is 0 Å². The molecule has 1 aromatic carbocycles. The van der Waals surface area contributed by atoms with E-state index < -0.39 is 0 Å². The van der Waals surface area contributed by atoms with E-state index in [1.807, 2.05) is 30.3 Å². The van der Waals surface area contributed by atoms with Gasteiger partial charge in [-0.3, -0.25) is 4.79 Å². The van der Waals surface area contributed by atoms with Crippen molar-refractivity contribution in [2.24, 2.45) is 5.73 Å². The molecule has 0 fully saturated rings. The standard InChI is InChI=1S/C9H11NO2S/c10-9(11)7-13-12-6-8-4-2-1-3-5-8/h1-5H,6-7H2,(H2,10,11). The number of primary amides is 1. The van der Waals surface area contributed by atoms with Crippen LogP contribution in [0.1, 0.15) is 5.56 Å². The molecule has 3 nitrogen and oxygen atoms in total. The van der Waals surface area contributed by atoms with Crippen molar-refractivity contribution in [2.75, 3.05) is 5.75 Å². The quantitative estimate of drug-likeness (QED) is 0.572. The fourth-order valence-corrected chi connectivity index (χ4v) is 1.20. The summed E-state index contributed by atoms with van der Waals surface area (Å²) in [5.74, 6) is -0.162. The first kappa shape index (κ1) is 10.1. The van der Waals surface area contributed by atoms with Gasteiger partial charge >= 0.3 is 0 Å². The maximum Gasteiger partial charge on any atom is 0.229 e. The Labute approximate surface area is 81.5 Å². The predicted octanol–water partition coefficient (Wildman–Crippen LogP) is 1.34. The highest BCUT2D eigenvalue weighted by Gasteiger charge is 1.95. The molecule has 0 bridgehead atoms. The zero-order valence-electron chi connectivity index (χ0n) is 7.10. The third-order valence-electron chi connectivity index (χ3n) is 1.35. The SMILES string of the molecule is NC(=O)CSOCc1ccccc1. The van der Waals surface area contributed by atoms with Gasteiger partial charge in [0, 0.05) is 12.0 Å². The molecule has 4 heteroatoms. The minimum Gasteiger partial charge on any atom is -0.369 e. The molecule has 2 N–H and O–H groups in total. The normalized spacial score (nSPS) is 9.85. The molecule has 0 heterocycles. The fraction of sp³-hybridized carbons (Fsp3) is 0.222. The summed E-state index contributed by atoms with van der Waals surface area (Å²) in [7, 11) is 0. The smallest absolute Gasteiger partial charge is 0.229 e. The third-order valence-corrected chi connectivity index (χ3v) is 2.04. The van der Waals surface area contributed by atoms with Crippen LogP contribution in [0.2, 0.25) is 0 Å². The monoisotopic (exact) mass is 197 g/mol.